The Morgan fingerprint density at radius 2 is 1.88 bits per heavy atom. The molecule has 1 aromatic carbocycles. The van der Waals surface area contributed by atoms with Gasteiger partial charge in [-0.2, -0.15) is 13.2 Å². The van der Waals surface area contributed by atoms with E-state index in [4.69, 9.17) is 4.74 Å². The molecule has 0 saturated heterocycles. The molecule has 1 saturated carbocycles. The standard InChI is InChI=1S/C29H36F3N5O3/c1-28(2,39)13-6-7-15-40-21-10-11-23(29(30,31)32)22(18-21)20-12-14-33-24(17-20)35-27(38)26-34-25(36-37-26)16-19-8-4-3-5-9-19/h10-12,14,17-19,39H,3-9,13,15-16H2,1-2H3,(H,33,35,38)(H,34,36,37). The third-order valence-corrected chi connectivity index (χ3v) is 7.02. The van der Waals surface area contributed by atoms with E-state index < -0.39 is 23.2 Å². The van der Waals surface area contributed by atoms with Crippen molar-refractivity contribution in [3.8, 4) is 16.9 Å². The van der Waals surface area contributed by atoms with Gasteiger partial charge < -0.3 is 20.1 Å². The smallest absolute Gasteiger partial charge is 0.417 e. The number of hydrogen-bond donors (Lipinski definition) is 3. The number of amides is 1. The molecule has 0 atom stereocenters. The van der Waals surface area contributed by atoms with Crippen molar-refractivity contribution in [2.24, 2.45) is 5.92 Å². The number of anilines is 1. The van der Waals surface area contributed by atoms with E-state index in [1.807, 2.05) is 0 Å². The maximum atomic E-state index is 13.9. The molecular weight excluding hydrogens is 523 g/mol. The van der Waals surface area contributed by atoms with Crippen molar-refractivity contribution >= 4 is 11.7 Å². The van der Waals surface area contributed by atoms with E-state index in [-0.39, 0.29) is 22.8 Å². The molecule has 0 spiro atoms. The van der Waals surface area contributed by atoms with Gasteiger partial charge in [-0.15, -0.1) is 10.2 Å². The number of unbranched alkanes of at least 4 members (excludes halogenated alkanes) is 1. The zero-order chi connectivity index (χ0) is 28.8. The number of hydrogen-bond acceptors (Lipinski definition) is 6. The number of carbonyl (C=O) groups is 1. The summed E-state index contributed by atoms with van der Waals surface area (Å²) < 4.78 is 47.3. The number of benzene rings is 1. The van der Waals surface area contributed by atoms with Crippen molar-refractivity contribution in [3.05, 3.63) is 53.7 Å². The Labute approximate surface area is 231 Å². The molecule has 216 valence electrons. The van der Waals surface area contributed by atoms with Gasteiger partial charge in [0.15, 0.2) is 0 Å². The normalized spacial score (nSPS) is 14.8. The number of ether oxygens (including phenoxy) is 1. The van der Waals surface area contributed by atoms with Crippen molar-refractivity contribution in [3.63, 3.8) is 0 Å². The molecule has 11 heteroatoms. The number of rotatable bonds is 11. The minimum atomic E-state index is -4.60. The Balaban J connectivity index is 1.45. The van der Waals surface area contributed by atoms with Crippen LogP contribution >= 0.6 is 0 Å². The fourth-order valence-corrected chi connectivity index (χ4v) is 4.95. The first-order valence-electron chi connectivity index (χ1n) is 13.7. The second kappa shape index (κ2) is 12.8. The fourth-order valence-electron chi connectivity index (χ4n) is 4.95. The SMILES string of the molecule is CC(C)(O)CCCCOc1ccc(C(F)(F)F)c(-c2ccnc(NC(=O)c3nnc(CC4CCCCC4)[nH]3)c2)c1. The summed E-state index contributed by atoms with van der Waals surface area (Å²) in [6.07, 6.45) is 5.34. The van der Waals surface area contributed by atoms with Crippen LogP contribution in [0.1, 0.15) is 87.2 Å². The van der Waals surface area contributed by atoms with Gasteiger partial charge in [0, 0.05) is 12.6 Å². The minimum Gasteiger partial charge on any atom is -0.494 e. The van der Waals surface area contributed by atoms with Gasteiger partial charge in [-0.05, 0) is 80.5 Å². The lowest BCUT2D eigenvalue weighted by Gasteiger charge is -2.19. The molecule has 4 rings (SSSR count). The highest BCUT2D eigenvalue weighted by molar-refractivity contribution is 6.01. The highest BCUT2D eigenvalue weighted by Crippen LogP contribution is 2.39. The summed E-state index contributed by atoms with van der Waals surface area (Å²) in [6, 6.07) is 6.45. The number of H-pyrrole nitrogens is 1. The first-order valence-corrected chi connectivity index (χ1v) is 13.7. The molecule has 0 bridgehead atoms. The number of aliphatic hydroxyl groups is 1. The Bertz CT molecular complexity index is 1280. The van der Waals surface area contributed by atoms with Gasteiger partial charge in [0.1, 0.15) is 17.4 Å². The third kappa shape index (κ3) is 8.51. The van der Waals surface area contributed by atoms with Gasteiger partial charge >= 0.3 is 6.18 Å². The summed E-state index contributed by atoms with van der Waals surface area (Å²) in [4.78, 5) is 19.8. The molecular formula is C29H36F3N5O3. The predicted molar refractivity (Wildman–Crippen MR) is 145 cm³/mol. The Kier molecular flexibility index (Phi) is 9.44. The molecule has 2 aromatic heterocycles. The van der Waals surface area contributed by atoms with E-state index in [2.05, 4.69) is 25.5 Å². The Morgan fingerprint density at radius 1 is 1.10 bits per heavy atom. The van der Waals surface area contributed by atoms with Crippen molar-refractivity contribution < 1.29 is 27.8 Å². The predicted octanol–water partition coefficient (Wildman–Crippen LogP) is 6.58. The highest BCUT2D eigenvalue weighted by atomic mass is 19.4. The lowest BCUT2D eigenvalue weighted by atomic mass is 9.87. The van der Waals surface area contributed by atoms with Crippen LogP contribution in [0.2, 0.25) is 0 Å². The molecule has 0 radical (unpaired) electrons. The van der Waals surface area contributed by atoms with Gasteiger partial charge in [-0.3, -0.25) is 4.79 Å². The van der Waals surface area contributed by atoms with Gasteiger partial charge in [0.25, 0.3) is 5.91 Å². The molecule has 2 heterocycles. The number of alkyl halides is 3. The zero-order valence-corrected chi connectivity index (χ0v) is 22.9. The molecule has 40 heavy (non-hydrogen) atoms. The molecule has 3 N–H and O–H groups in total. The summed E-state index contributed by atoms with van der Waals surface area (Å²) in [5.41, 5.74) is -1.47. The van der Waals surface area contributed by atoms with E-state index in [0.29, 0.717) is 36.9 Å². The Morgan fingerprint density at radius 3 is 2.60 bits per heavy atom. The van der Waals surface area contributed by atoms with Crippen molar-refractivity contribution in [2.75, 3.05) is 11.9 Å². The minimum absolute atomic E-state index is 0.0222. The summed E-state index contributed by atoms with van der Waals surface area (Å²) >= 11 is 0. The average molecular weight is 560 g/mol. The van der Waals surface area contributed by atoms with Crippen LogP contribution in [-0.4, -0.2) is 43.4 Å². The van der Waals surface area contributed by atoms with Crippen molar-refractivity contribution in [2.45, 2.75) is 83.4 Å². The molecule has 1 amide bonds. The lowest BCUT2D eigenvalue weighted by Crippen LogP contribution is -2.18. The highest BCUT2D eigenvalue weighted by Gasteiger charge is 2.34. The first-order chi connectivity index (χ1) is 19.0. The van der Waals surface area contributed by atoms with Crippen LogP contribution in [0.15, 0.2) is 36.5 Å². The van der Waals surface area contributed by atoms with Crippen LogP contribution in [0.3, 0.4) is 0 Å². The van der Waals surface area contributed by atoms with Crippen LogP contribution in [-0.2, 0) is 12.6 Å². The van der Waals surface area contributed by atoms with E-state index in [1.54, 1.807) is 13.8 Å². The number of nitrogens with zero attached hydrogens (tertiary/aromatic N) is 3. The number of halogens is 3. The van der Waals surface area contributed by atoms with Crippen LogP contribution in [0.5, 0.6) is 5.75 Å². The van der Waals surface area contributed by atoms with Crippen LogP contribution in [0.25, 0.3) is 11.1 Å². The summed E-state index contributed by atoms with van der Waals surface area (Å²) in [7, 11) is 0. The largest absolute Gasteiger partial charge is 0.494 e. The molecule has 0 aliphatic heterocycles. The number of aromatic amines is 1. The number of aromatic nitrogens is 4. The zero-order valence-electron chi connectivity index (χ0n) is 22.9. The third-order valence-electron chi connectivity index (χ3n) is 7.02. The van der Waals surface area contributed by atoms with Crippen molar-refractivity contribution in [1.29, 1.82) is 0 Å². The van der Waals surface area contributed by atoms with Crippen LogP contribution in [0.4, 0.5) is 19.0 Å². The van der Waals surface area contributed by atoms with Gasteiger partial charge in [-0.1, -0.05) is 32.1 Å². The summed E-state index contributed by atoms with van der Waals surface area (Å²) in [5, 5.41) is 20.5. The van der Waals surface area contributed by atoms with E-state index in [0.717, 1.165) is 31.7 Å². The monoisotopic (exact) mass is 559 g/mol. The average Bonchev–Trinajstić information content (AvgIpc) is 3.36. The molecule has 8 nitrogen and oxygen atoms in total. The fraction of sp³-hybridized carbons (Fsp3) is 0.517. The second-order valence-corrected chi connectivity index (χ2v) is 11.0. The van der Waals surface area contributed by atoms with E-state index >= 15 is 0 Å². The number of nitrogens with one attached hydrogen (secondary N) is 2. The second-order valence-electron chi connectivity index (χ2n) is 11.0. The molecule has 3 aromatic rings. The maximum Gasteiger partial charge on any atom is 0.417 e. The van der Waals surface area contributed by atoms with Crippen molar-refractivity contribution in [1.82, 2.24) is 20.2 Å². The van der Waals surface area contributed by atoms with Gasteiger partial charge in [-0.25, -0.2) is 4.98 Å². The summed E-state index contributed by atoms with van der Waals surface area (Å²) in [6.45, 7) is 3.75. The van der Waals surface area contributed by atoms with Gasteiger partial charge in [0.05, 0.1) is 17.8 Å². The molecule has 1 aliphatic carbocycles. The Hall–Kier alpha value is -3.47. The number of carbonyl (C=O) groups excluding carboxylic acids is 1. The molecule has 0 unspecified atom stereocenters. The lowest BCUT2D eigenvalue weighted by molar-refractivity contribution is -0.137. The van der Waals surface area contributed by atoms with E-state index in [9.17, 15) is 23.1 Å². The van der Waals surface area contributed by atoms with Gasteiger partial charge in [0.2, 0.25) is 5.82 Å². The molecule has 1 fully saturated rings. The molecule has 1 aliphatic rings. The topological polar surface area (TPSA) is 113 Å². The first kappa shape index (κ1) is 29.5. The maximum absolute atomic E-state index is 13.9. The van der Waals surface area contributed by atoms with Crippen LogP contribution < -0.4 is 10.1 Å². The number of pyridine rings is 1. The summed E-state index contributed by atoms with van der Waals surface area (Å²) in [5.74, 6) is 0.983. The van der Waals surface area contributed by atoms with E-state index in [1.165, 1.54) is 49.7 Å². The quantitative estimate of drug-likeness (QED) is 0.229. The van der Waals surface area contributed by atoms with Crippen LogP contribution in [0, 0.1) is 5.92 Å².